The maximum Gasteiger partial charge on any atom is 0.416 e. The fraction of sp³-hybridized carbons (Fsp3) is 0.368. The third kappa shape index (κ3) is 4.97. The number of Topliss-reactive ketones (excluding diaryl/α,β-unsaturated/α-hetero) is 1. The molecule has 1 aliphatic heterocycles. The fourth-order valence-electron chi connectivity index (χ4n) is 3.53. The predicted molar refractivity (Wildman–Crippen MR) is 107 cm³/mol. The van der Waals surface area contributed by atoms with E-state index in [0.29, 0.717) is 31.7 Å². The van der Waals surface area contributed by atoms with E-state index in [1.54, 1.807) is 6.07 Å². The lowest BCUT2D eigenvalue weighted by molar-refractivity contribution is -0.138. The van der Waals surface area contributed by atoms with Crippen LogP contribution in [0, 0.1) is 5.92 Å². The van der Waals surface area contributed by atoms with Crippen LogP contribution in [0.1, 0.15) is 28.8 Å². The normalized spacial score (nSPS) is 15.1. The lowest BCUT2D eigenvalue weighted by Crippen LogP contribution is -2.36. The average Bonchev–Trinajstić information content (AvgIpc) is 3.42. The van der Waals surface area contributed by atoms with E-state index in [1.807, 2.05) is 4.90 Å². The molecule has 33 heavy (non-hydrogen) atoms. The monoisotopic (exact) mass is 484 g/mol. The molecule has 0 bridgehead atoms. The van der Waals surface area contributed by atoms with Crippen LogP contribution in [0.3, 0.4) is 0 Å². The zero-order valence-corrected chi connectivity index (χ0v) is 17.5. The molecular weight excluding hydrogens is 469 g/mol. The molecule has 0 atom stereocenters. The number of aliphatic carboxylic acids is 1. The highest BCUT2D eigenvalue weighted by atomic mass is 35.5. The minimum Gasteiger partial charge on any atom is -0.480 e. The number of nitrogens with zero attached hydrogens (tertiary/aromatic N) is 6. The highest BCUT2D eigenvalue weighted by molar-refractivity contribution is 6.34. The first-order valence-corrected chi connectivity index (χ1v) is 10.1. The number of piperidine rings is 1. The summed E-state index contributed by atoms with van der Waals surface area (Å²) >= 11 is 6.00. The van der Waals surface area contributed by atoms with Crippen LogP contribution in [0.4, 0.5) is 19.0 Å². The van der Waals surface area contributed by atoms with E-state index < -0.39 is 36.0 Å². The Hall–Kier alpha value is -3.48. The summed E-state index contributed by atoms with van der Waals surface area (Å²) in [5.41, 5.74) is -1.05. The van der Waals surface area contributed by atoms with Crippen LogP contribution < -0.4 is 4.90 Å². The maximum atomic E-state index is 13.0. The molecule has 4 rings (SSSR count). The summed E-state index contributed by atoms with van der Waals surface area (Å²) in [5.74, 6) is -1.31. The standard InChI is InChI=1S/C19H16ClF3N6O4/c20-13-2-1-11(19(21,22)23)7-12(13)17(32)10-3-5-28(6-4-10)15-8-14(33-26-15)18-24-27-29(25-18)9-16(30)31/h1-2,7-8,10H,3-6,9H2,(H,30,31). The van der Waals surface area contributed by atoms with E-state index in [4.69, 9.17) is 21.2 Å². The van der Waals surface area contributed by atoms with Gasteiger partial charge < -0.3 is 14.5 Å². The number of carboxylic acid groups (broad SMARTS) is 1. The van der Waals surface area contributed by atoms with Crippen molar-refractivity contribution < 1.29 is 32.4 Å². The molecule has 0 radical (unpaired) electrons. The van der Waals surface area contributed by atoms with Crippen LogP contribution in [0.25, 0.3) is 11.6 Å². The minimum atomic E-state index is -4.57. The quantitative estimate of drug-likeness (QED) is 0.524. The lowest BCUT2D eigenvalue weighted by atomic mass is 9.88. The number of carboxylic acids is 1. The SMILES string of the molecule is O=C(O)Cn1nnc(-c2cc(N3CCC(C(=O)c4cc(C(F)(F)F)ccc4Cl)CC3)no2)n1. The molecular formula is C19H16ClF3N6O4. The summed E-state index contributed by atoms with van der Waals surface area (Å²) in [7, 11) is 0. The number of benzene rings is 1. The van der Waals surface area contributed by atoms with Gasteiger partial charge in [0.15, 0.2) is 18.1 Å². The number of hydrogen-bond acceptors (Lipinski definition) is 8. The van der Waals surface area contributed by atoms with Crippen molar-refractivity contribution in [3.8, 4) is 11.6 Å². The molecule has 0 saturated carbocycles. The van der Waals surface area contributed by atoms with Gasteiger partial charge >= 0.3 is 12.1 Å². The topological polar surface area (TPSA) is 127 Å². The number of ketones is 1. The fourth-order valence-corrected chi connectivity index (χ4v) is 3.74. The number of halogens is 4. The first-order valence-electron chi connectivity index (χ1n) is 9.74. The summed E-state index contributed by atoms with van der Waals surface area (Å²) in [5, 5.41) is 24.0. The molecule has 2 aromatic heterocycles. The van der Waals surface area contributed by atoms with E-state index in [2.05, 4.69) is 20.6 Å². The van der Waals surface area contributed by atoms with Gasteiger partial charge in [-0.2, -0.15) is 18.0 Å². The summed E-state index contributed by atoms with van der Waals surface area (Å²) in [6.45, 7) is 0.377. The van der Waals surface area contributed by atoms with Gasteiger partial charge in [0.1, 0.15) is 0 Å². The van der Waals surface area contributed by atoms with Gasteiger partial charge in [-0.3, -0.25) is 9.59 Å². The second kappa shape index (κ2) is 8.81. The minimum absolute atomic E-state index is 0.0139. The predicted octanol–water partition coefficient (Wildman–Crippen LogP) is 3.18. The van der Waals surface area contributed by atoms with Gasteiger partial charge in [-0.15, -0.1) is 10.2 Å². The highest BCUT2D eigenvalue weighted by Crippen LogP contribution is 2.34. The molecule has 0 aliphatic carbocycles. The molecule has 0 spiro atoms. The van der Waals surface area contributed by atoms with Crippen LogP contribution >= 0.6 is 11.6 Å². The van der Waals surface area contributed by atoms with Crippen molar-refractivity contribution >= 4 is 29.2 Å². The van der Waals surface area contributed by atoms with Gasteiger partial charge in [0.25, 0.3) is 0 Å². The summed E-state index contributed by atoms with van der Waals surface area (Å²) in [6.07, 6.45) is -3.79. The summed E-state index contributed by atoms with van der Waals surface area (Å²) in [6, 6.07) is 4.29. The lowest BCUT2D eigenvalue weighted by Gasteiger charge is -2.31. The number of aromatic nitrogens is 5. The molecule has 14 heteroatoms. The van der Waals surface area contributed by atoms with E-state index in [1.165, 1.54) is 0 Å². The molecule has 1 N–H and O–H groups in total. The summed E-state index contributed by atoms with van der Waals surface area (Å²) in [4.78, 5) is 26.3. The summed E-state index contributed by atoms with van der Waals surface area (Å²) < 4.78 is 44.2. The van der Waals surface area contributed by atoms with E-state index >= 15 is 0 Å². The first-order chi connectivity index (χ1) is 15.6. The van der Waals surface area contributed by atoms with Crippen molar-refractivity contribution in [2.24, 2.45) is 5.92 Å². The number of tetrazole rings is 1. The molecule has 3 heterocycles. The maximum absolute atomic E-state index is 13.0. The second-order valence-electron chi connectivity index (χ2n) is 7.40. The Labute approximate surface area is 188 Å². The van der Waals surface area contributed by atoms with Crippen LogP contribution in [-0.4, -0.2) is 55.3 Å². The highest BCUT2D eigenvalue weighted by Gasteiger charge is 2.34. The molecule has 0 amide bonds. The molecule has 3 aromatic rings. The van der Waals surface area contributed by atoms with Crippen molar-refractivity contribution in [2.45, 2.75) is 25.6 Å². The van der Waals surface area contributed by atoms with Gasteiger partial charge in [0, 0.05) is 30.6 Å². The van der Waals surface area contributed by atoms with Crippen molar-refractivity contribution in [3.63, 3.8) is 0 Å². The Balaban J connectivity index is 1.41. The number of carbonyl (C=O) groups is 2. The Kier molecular flexibility index (Phi) is 6.06. The van der Waals surface area contributed by atoms with Crippen molar-refractivity contribution in [1.82, 2.24) is 25.4 Å². The van der Waals surface area contributed by atoms with Crippen LogP contribution in [-0.2, 0) is 17.5 Å². The van der Waals surface area contributed by atoms with Crippen LogP contribution in [0.5, 0.6) is 0 Å². The third-order valence-electron chi connectivity index (χ3n) is 5.20. The zero-order chi connectivity index (χ0) is 23.8. The Bertz CT molecular complexity index is 1190. The third-order valence-corrected chi connectivity index (χ3v) is 5.53. The number of rotatable bonds is 6. The smallest absolute Gasteiger partial charge is 0.416 e. The van der Waals surface area contributed by atoms with Gasteiger partial charge in [-0.25, -0.2) is 0 Å². The van der Waals surface area contributed by atoms with Crippen molar-refractivity contribution in [2.75, 3.05) is 18.0 Å². The Morgan fingerprint density at radius 3 is 2.61 bits per heavy atom. The van der Waals surface area contributed by atoms with E-state index in [9.17, 15) is 22.8 Å². The number of carbonyl (C=O) groups excluding carboxylic acids is 1. The van der Waals surface area contributed by atoms with Crippen molar-refractivity contribution in [3.05, 3.63) is 40.4 Å². The van der Waals surface area contributed by atoms with Crippen molar-refractivity contribution in [1.29, 1.82) is 0 Å². The molecule has 1 aromatic carbocycles. The Morgan fingerprint density at radius 1 is 1.21 bits per heavy atom. The Morgan fingerprint density at radius 2 is 1.94 bits per heavy atom. The van der Waals surface area contributed by atoms with Crippen LogP contribution in [0.15, 0.2) is 28.8 Å². The number of hydrogen-bond donors (Lipinski definition) is 1. The number of alkyl halides is 3. The molecule has 1 fully saturated rings. The van der Waals surface area contributed by atoms with E-state index in [-0.39, 0.29) is 22.2 Å². The van der Waals surface area contributed by atoms with Gasteiger partial charge in [-0.1, -0.05) is 16.8 Å². The average molecular weight is 485 g/mol. The molecule has 0 unspecified atom stereocenters. The molecule has 1 saturated heterocycles. The molecule has 1 aliphatic rings. The number of anilines is 1. The largest absolute Gasteiger partial charge is 0.480 e. The van der Waals surface area contributed by atoms with Gasteiger partial charge in [0.2, 0.25) is 11.6 Å². The molecule has 10 nitrogen and oxygen atoms in total. The van der Waals surface area contributed by atoms with Gasteiger partial charge in [-0.05, 0) is 36.3 Å². The first kappa shape index (κ1) is 22.7. The molecule has 174 valence electrons. The van der Waals surface area contributed by atoms with Gasteiger partial charge in [0.05, 0.1) is 10.6 Å². The second-order valence-corrected chi connectivity index (χ2v) is 7.81. The van der Waals surface area contributed by atoms with E-state index in [0.717, 1.165) is 23.0 Å². The van der Waals surface area contributed by atoms with Crippen LogP contribution in [0.2, 0.25) is 5.02 Å². The zero-order valence-electron chi connectivity index (χ0n) is 16.8.